The number of nitrogens with zero attached hydrogens (tertiary/aromatic N) is 3. The molecule has 1 fully saturated rings. The Morgan fingerprint density at radius 2 is 2.00 bits per heavy atom. The molecular weight excluding hydrogens is 342 g/mol. The fourth-order valence-corrected chi connectivity index (χ4v) is 3.14. The normalized spacial score (nSPS) is 15.2. The molecule has 1 saturated heterocycles. The highest BCUT2D eigenvalue weighted by molar-refractivity contribution is 9.10. The van der Waals surface area contributed by atoms with E-state index in [0.717, 1.165) is 35.5 Å². The number of imidazole rings is 1. The molecule has 22 heavy (non-hydrogen) atoms. The predicted molar refractivity (Wildman–Crippen MR) is 89.9 cm³/mol. The average Bonchev–Trinajstić information content (AvgIpc) is 2.91. The first kappa shape index (κ1) is 15.3. The van der Waals surface area contributed by atoms with E-state index in [-0.39, 0.29) is 5.91 Å². The van der Waals surface area contributed by atoms with Crippen molar-refractivity contribution in [3.8, 4) is 0 Å². The summed E-state index contributed by atoms with van der Waals surface area (Å²) in [7, 11) is 0. The minimum atomic E-state index is 0.124. The topological polar surface area (TPSA) is 38.1 Å². The van der Waals surface area contributed by atoms with Crippen LogP contribution in [0.2, 0.25) is 0 Å². The van der Waals surface area contributed by atoms with Gasteiger partial charge in [0.05, 0.1) is 0 Å². The van der Waals surface area contributed by atoms with Gasteiger partial charge in [0.1, 0.15) is 5.82 Å². The number of rotatable bonds is 4. The van der Waals surface area contributed by atoms with Crippen molar-refractivity contribution < 1.29 is 4.79 Å². The van der Waals surface area contributed by atoms with Gasteiger partial charge in [-0.15, -0.1) is 0 Å². The zero-order chi connectivity index (χ0) is 15.7. The molecule has 0 radical (unpaired) electrons. The second kappa shape index (κ2) is 6.24. The molecule has 0 atom stereocenters. The quantitative estimate of drug-likeness (QED) is 0.835. The third kappa shape index (κ3) is 3.09. The molecule has 116 valence electrons. The van der Waals surface area contributed by atoms with Gasteiger partial charge in [-0.25, -0.2) is 4.98 Å². The molecule has 1 amide bonds. The summed E-state index contributed by atoms with van der Waals surface area (Å²) in [6.07, 6.45) is 3.90. The maximum Gasteiger partial charge on any atom is 0.253 e. The molecule has 0 spiro atoms. The van der Waals surface area contributed by atoms with Crippen molar-refractivity contribution in [2.45, 2.75) is 26.3 Å². The first-order chi connectivity index (χ1) is 10.5. The number of amides is 1. The molecule has 3 rings (SSSR count). The fourth-order valence-electron chi connectivity index (χ4n) is 2.88. The summed E-state index contributed by atoms with van der Waals surface area (Å²) in [5.41, 5.74) is 0.757. The third-order valence-electron chi connectivity index (χ3n) is 4.05. The van der Waals surface area contributed by atoms with Crippen LogP contribution in [0.1, 0.15) is 35.9 Å². The molecule has 0 unspecified atom stereocenters. The number of hydrogen-bond donors (Lipinski definition) is 0. The molecular formula is C17H20BrN3O. The van der Waals surface area contributed by atoms with E-state index < -0.39 is 0 Å². The van der Waals surface area contributed by atoms with Gasteiger partial charge in [-0.1, -0.05) is 29.8 Å². The standard InChI is InChI=1S/C17H20BrN3O/c1-12(2)16-19-7-8-20(16)9-13-10-21(11-13)17(22)14-3-5-15(18)6-4-14/h3-8,12-13H,9-11H2,1-2H3. The van der Waals surface area contributed by atoms with Crippen molar-refractivity contribution in [3.05, 3.63) is 52.5 Å². The Balaban J connectivity index is 1.57. The Labute approximate surface area is 139 Å². The summed E-state index contributed by atoms with van der Waals surface area (Å²) in [5.74, 6) is 2.19. The summed E-state index contributed by atoms with van der Waals surface area (Å²) in [4.78, 5) is 18.7. The monoisotopic (exact) mass is 361 g/mol. The van der Waals surface area contributed by atoms with E-state index in [1.165, 1.54) is 0 Å². The lowest BCUT2D eigenvalue weighted by molar-refractivity contribution is 0.0466. The van der Waals surface area contributed by atoms with Gasteiger partial charge in [-0.3, -0.25) is 4.79 Å². The predicted octanol–water partition coefficient (Wildman–Crippen LogP) is 3.54. The SMILES string of the molecule is CC(C)c1nccn1CC1CN(C(=O)c2ccc(Br)cc2)C1. The van der Waals surface area contributed by atoms with Gasteiger partial charge >= 0.3 is 0 Å². The van der Waals surface area contributed by atoms with Crippen LogP contribution in [-0.4, -0.2) is 33.4 Å². The van der Waals surface area contributed by atoms with E-state index in [9.17, 15) is 4.79 Å². The Morgan fingerprint density at radius 1 is 1.32 bits per heavy atom. The van der Waals surface area contributed by atoms with Crippen LogP contribution < -0.4 is 0 Å². The fraction of sp³-hybridized carbons (Fsp3) is 0.412. The van der Waals surface area contributed by atoms with Gasteiger partial charge in [-0.05, 0) is 24.3 Å². The maximum absolute atomic E-state index is 12.4. The van der Waals surface area contributed by atoms with Gasteiger partial charge in [0.2, 0.25) is 0 Å². The van der Waals surface area contributed by atoms with Crippen LogP contribution in [0, 0.1) is 5.92 Å². The molecule has 0 aliphatic carbocycles. The van der Waals surface area contributed by atoms with Crippen LogP contribution in [0.15, 0.2) is 41.1 Å². The second-order valence-corrected chi connectivity index (χ2v) is 7.09. The van der Waals surface area contributed by atoms with Crippen LogP contribution in [0.25, 0.3) is 0 Å². The zero-order valence-corrected chi connectivity index (χ0v) is 14.5. The number of aromatic nitrogens is 2. The molecule has 0 saturated carbocycles. The molecule has 0 N–H and O–H groups in total. The van der Waals surface area contributed by atoms with Gasteiger partial charge in [0.25, 0.3) is 5.91 Å². The molecule has 2 heterocycles. The van der Waals surface area contributed by atoms with Crippen molar-refractivity contribution >= 4 is 21.8 Å². The van der Waals surface area contributed by atoms with Crippen molar-refractivity contribution in [2.24, 2.45) is 5.92 Å². The molecule has 2 aromatic rings. The first-order valence-corrected chi connectivity index (χ1v) is 8.39. The Hall–Kier alpha value is -1.62. The number of likely N-dealkylation sites (tertiary alicyclic amines) is 1. The number of benzene rings is 1. The molecule has 1 aliphatic heterocycles. The summed E-state index contributed by atoms with van der Waals surface area (Å²) < 4.78 is 3.21. The van der Waals surface area contributed by atoms with Crippen molar-refractivity contribution in [2.75, 3.05) is 13.1 Å². The summed E-state index contributed by atoms with van der Waals surface area (Å²) in [6, 6.07) is 7.55. The van der Waals surface area contributed by atoms with E-state index in [2.05, 4.69) is 39.3 Å². The number of halogens is 1. The minimum Gasteiger partial charge on any atom is -0.338 e. The Kier molecular flexibility index (Phi) is 4.34. The Bertz CT molecular complexity index is 657. The van der Waals surface area contributed by atoms with Crippen molar-refractivity contribution in [3.63, 3.8) is 0 Å². The molecule has 1 aromatic heterocycles. The largest absolute Gasteiger partial charge is 0.338 e. The highest BCUT2D eigenvalue weighted by atomic mass is 79.9. The van der Waals surface area contributed by atoms with Crippen LogP contribution in [0.3, 0.4) is 0 Å². The van der Waals surface area contributed by atoms with E-state index in [1.807, 2.05) is 41.6 Å². The van der Waals surface area contributed by atoms with Gasteiger partial charge in [-0.2, -0.15) is 0 Å². The molecule has 1 aliphatic rings. The zero-order valence-electron chi connectivity index (χ0n) is 12.9. The molecule has 4 nitrogen and oxygen atoms in total. The van der Waals surface area contributed by atoms with E-state index in [0.29, 0.717) is 11.8 Å². The average molecular weight is 362 g/mol. The van der Waals surface area contributed by atoms with Gasteiger partial charge in [0.15, 0.2) is 0 Å². The third-order valence-corrected chi connectivity index (χ3v) is 4.58. The number of hydrogen-bond acceptors (Lipinski definition) is 2. The smallest absolute Gasteiger partial charge is 0.253 e. The lowest BCUT2D eigenvalue weighted by Crippen LogP contribution is -2.51. The second-order valence-electron chi connectivity index (χ2n) is 6.18. The Morgan fingerprint density at radius 3 is 2.64 bits per heavy atom. The lowest BCUT2D eigenvalue weighted by atomic mass is 9.98. The highest BCUT2D eigenvalue weighted by Gasteiger charge is 2.31. The first-order valence-electron chi connectivity index (χ1n) is 7.60. The summed E-state index contributed by atoms with van der Waals surface area (Å²) >= 11 is 3.39. The highest BCUT2D eigenvalue weighted by Crippen LogP contribution is 2.23. The van der Waals surface area contributed by atoms with E-state index in [4.69, 9.17) is 0 Å². The van der Waals surface area contributed by atoms with Crippen molar-refractivity contribution in [1.29, 1.82) is 0 Å². The molecule has 1 aromatic carbocycles. The van der Waals surface area contributed by atoms with Gasteiger partial charge < -0.3 is 9.47 Å². The summed E-state index contributed by atoms with van der Waals surface area (Å²) in [5, 5.41) is 0. The van der Waals surface area contributed by atoms with E-state index >= 15 is 0 Å². The lowest BCUT2D eigenvalue weighted by Gasteiger charge is -2.39. The molecule has 0 bridgehead atoms. The van der Waals surface area contributed by atoms with E-state index in [1.54, 1.807) is 0 Å². The van der Waals surface area contributed by atoms with Crippen LogP contribution >= 0.6 is 15.9 Å². The van der Waals surface area contributed by atoms with Crippen LogP contribution in [0.5, 0.6) is 0 Å². The number of carbonyl (C=O) groups is 1. The molecule has 5 heteroatoms. The van der Waals surface area contributed by atoms with Gasteiger partial charge in [0, 0.05) is 53.9 Å². The van der Waals surface area contributed by atoms with Crippen molar-refractivity contribution in [1.82, 2.24) is 14.5 Å². The number of carbonyl (C=O) groups excluding carboxylic acids is 1. The maximum atomic E-state index is 12.4. The van der Waals surface area contributed by atoms with Crippen LogP contribution in [0.4, 0.5) is 0 Å². The minimum absolute atomic E-state index is 0.124. The summed E-state index contributed by atoms with van der Waals surface area (Å²) in [6.45, 7) is 6.90. The van der Waals surface area contributed by atoms with Crippen LogP contribution in [-0.2, 0) is 6.54 Å².